The number of aromatic nitrogens is 2. The van der Waals surface area contributed by atoms with Gasteiger partial charge in [0.2, 0.25) is 5.89 Å². The van der Waals surface area contributed by atoms with Crippen molar-refractivity contribution in [2.45, 2.75) is 52.1 Å². The van der Waals surface area contributed by atoms with E-state index in [0.717, 1.165) is 6.42 Å². The van der Waals surface area contributed by atoms with Gasteiger partial charge in [-0.2, -0.15) is 4.98 Å². The minimum absolute atomic E-state index is 0.140. The lowest BCUT2D eigenvalue weighted by atomic mass is 9.79. The van der Waals surface area contributed by atoms with Crippen LogP contribution in [0.4, 0.5) is 0 Å². The van der Waals surface area contributed by atoms with E-state index in [2.05, 4.69) is 66.6 Å². The second-order valence-electron chi connectivity index (χ2n) is 5.97. The van der Waals surface area contributed by atoms with Gasteiger partial charge in [0, 0.05) is 13.0 Å². The number of benzene rings is 1. The molecule has 2 rings (SSSR count). The monoisotopic (exact) mass is 273 g/mol. The summed E-state index contributed by atoms with van der Waals surface area (Å²) in [7, 11) is 0. The highest BCUT2D eigenvalue weighted by molar-refractivity contribution is 5.23. The van der Waals surface area contributed by atoms with Crippen LogP contribution in [0.1, 0.15) is 44.5 Å². The van der Waals surface area contributed by atoms with E-state index in [-0.39, 0.29) is 5.41 Å². The fourth-order valence-electron chi connectivity index (χ4n) is 2.52. The molecule has 0 spiro atoms. The Bertz CT molecular complexity index is 534. The van der Waals surface area contributed by atoms with E-state index in [9.17, 15) is 0 Å². The molecular formula is C16H23N3O. The molecule has 0 fully saturated rings. The second kappa shape index (κ2) is 6.18. The van der Waals surface area contributed by atoms with Crippen molar-refractivity contribution in [3.05, 3.63) is 47.6 Å². The molecule has 1 heterocycles. The maximum Gasteiger partial charge on any atom is 0.223 e. The largest absolute Gasteiger partial charge is 0.340 e. The van der Waals surface area contributed by atoms with E-state index in [1.54, 1.807) is 6.92 Å². The predicted octanol–water partition coefficient (Wildman–Crippen LogP) is 3.22. The van der Waals surface area contributed by atoms with Gasteiger partial charge >= 0.3 is 0 Å². The molecule has 1 unspecified atom stereocenters. The number of hydrogen-bond donors (Lipinski definition) is 1. The van der Waals surface area contributed by atoms with E-state index in [0.29, 0.717) is 24.3 Å². The van der Waals surface area contributed by atoms with Gasteiger partial charge in [-0.3, -0.25) is 0 Å². The van der Waals surface area contributed by atoms with Crippen LogP contribution in [0.5, 0.6) is 0 Å². The van der Waals surface area contributed by atoms with Crippen molar-refractivity contribution in [1.82, 2.24) is 15.5 Å². The smallest absolute Gasteiger partial charge is 0.223 e. The Labute approximate surface area is 120 Å². The van der Waals surface area contributed by atoms with Crippen molar-refractivity contribution < 1.29 is 4.52 Å². The fraction of sp³-hybridized carbons (Fsp3) is 0.500. The first-order valence-electron chi connectivity index (χ1n) is 7.05. The van der Waals surface area contributed by atoms with Crippen LogP contribution < -0.4 is 5.32 Å². The predicted molar refractivity (Wildman–Crippen MR) is 79.4 cm³/mol. The molecule has 1 N–H and O–H groups in total. The highest BCUT2D eigenvalue weighted by Gasteiger charge is 2.23. The quantitative estimate of drug-likeness (QED) is 0.878. The SMILES string of the molecule is Cc1nc(CNC(C)CC(C)(C)c2ccccc2)no1. The van der Waals surface area contributed by atoms with E-state index in [1.165, 1.54) is 5.56 Å². The zero-order chi connectivity index (χ0) is 14.6. The first kappa shape index (κ1) is 14.7. The molecule has 4 heteroatoms. The summed E-state index contributed by atoms with van der Waals surface area (Å²) in [5, 5.41) is 7.35. The molecule has 108 valence electrons. The summed E-state index contributed by atoms with van der Waals surface area (Å²) in [6.45, 7) is 9.19. The Hall–Kier alpha value is -1.68. The average Bonchev–Trinajstić information content (AvgIpc) is 2.83. The molecule has 0 aliphatic heterocycles. The minimum Gasteiger partial charge on any atom is -0.340 e. The molecule has 0 bridgehead atoms. The first-order chi connectivity index (χ1) is 9.47. The summed E-state index contributed by atoms with van der Waals surface area (Å²) in [5.41, 5.74) is 1.50. The lowest BCUT2D eigenvalue weighted by molar-refractivity contribution is 0.369. The van der Waals surface area contributed by atoms with Crippen molar-refractivity contribution in [1.29, 1.82) is 0 Å². The van der Waals surface area contributed by atoms with Gasteiger partial charge in [0.1, 0.15) is 0 Å². The Kier molecular flexibility index (Phi) is 4.55. The summed E-state index contributed by atoms with van der Waals surface area (Å²) >= 11 is 0. The average molecular weight is 273 g/mol. The van der Waals surface area contributed by atoms with Crippen LogP contribution in [-0.4, -0.2) is 16.2 Å². The lowest BCUT2D eigenvalue weighted by Gasteiger charge is -2.29. The summed E-state index contributed by atoms with van der Waals surface area (Å²) < 4.78 is 4.97. The summed E-state index contributed by atoms with van der Waals surface area (Å²) in [4.78, 5) is 4.20. The highest BCUT2D eigenvalue weighted by Crippen LogP contribution is 2.28. The molecule has 0 aliphatic rings. The minimum atomic E-state index is 0.140. The number of hydrogen-bond acceptors (Lipinski definition) is 4. The van der Waals surface area contributed by atoms with Crippen molar-refractivity contribution >= 4 is 0 Å². The molecule has 1 atom stereocenters. The van der Waals surface area contributed by atoms with Crippen LogP contribution in [0.15, 0.2) is 34.9 Å². The van der Waals surface area contributed by atoms with Crippen LogP contribution in [-0.2, 0) is 12.0 Å². The molecule has 1 aromatic carbocycles. The first-order valence-corrected chi connectivity index (χ1v) is 7.05. The molecule has 20 heavy (non-hydrogen) atoms. The van der Waals surface area contributed by atoms with Crippen LogP contribution in [0.25, 0.3) is 0 Å². The zero-order valence-corrected chi connectivity index (χ0v) is 12.7. The highest BCUT2D eigenvalue weighted by atomic mass is 16.5. The summed E-state index contributed by atoms with van der Waals surface area (Å²) in [6.07, 6.45) is 1.05. The van der Waals surface area contributed by atoms with Crippen molar-refractivity contribution in [2.75, 3.05) is 0 Å². The number of rotatable bonds is 6. The standard InChI is InChI=1S/C16H23N3O/c1-12(17-11-15-18-13(2)20-19-15)10-16(3,4)14-8-6-5-7-9-14/h5-9,12,17H,10-11H2,1-4H3. The topological polar surface area (TPSA) is 51.0 Å². The van der Waals surface area contributed by atoms with Crippen LogP contribution in [0.2, 0.25) is 0 Å². The third kappa shape index (κ3) is 3.90. The molecule has 1 aromatic heterocycles. The van der Waals surface area contributed by atoms with Crippen LogP contribution in [0.3, 0.4) is 0 Å². The maximum absolute atomic E-state index is 4.97. The van der Waals surface area contributed by atoms with Gasteiger partial charge in [-0.15, -0.1) is 0 Å². The Morgan fingerprint density at radius 2 is 1.95 bits per heavy atom. The third-order valence-corrected chi connectivity index (χ3v) is 3.55. The molecular weight excluding hydrogens is 250 g/mol. The van der Waals surface area contributed by atoms with Gasteiger partial charge in [-0.25, -0.2) is 0 Å². The molecule has 0 saturated heterocycles. The maximum atomic E-state index is 4.97. The van der Waals surface area contributed by atoms with E-state index in [4.69, 9.17) is 4.52 Å². The third-order valence-electron chi connectivity index (χ3n) is 3.55. The van der Waals surface area contributed by atoms with Gasteiger partial charge in [0.15, 0.2) is 5.82 Å². The number of aryl methyl sites for hydroxylation is 1. The van der Waals surface area contributed by atoms with Gasteiger partial charge in [-0.05, 0) is 24.3 Å². The zero-order valence-electron chi connectivity index (χ0n) is 12.7. The molecule has 0 aliphatic carbocycles. The van der Waals surface area contributed by atoms with Gasteiger partial charge in [0.25, 0.3) is 0 Å². The molecule has 2 aromatic rings. The van der Waals surface area contributed by atoms with Gasteiger partial charge < -0.3 is 9.84 Å². The lowest BCUT2D eigenvalue weighted by Crippen LogP contribution is -2.33. The Morgan fingerprint density at radius 1 is 1.25 bits per heavy atom. The summed E-state index contributed by atoms with van der Waals surface area (Å²) in [5.74, 6) is 1.32. The van der Waals surface area contributed by atoms with E-state index in [1.807, 2.05) is 0 Å². The second-order valence-corrected chi connectivity index (χ2v) is 5.97. The Balaban J connectivity index is 1.89. The number of nitrogens with zero attached hydrogens (tertiary/aromatic N) is 2. The van der Waals surface area contributed by atoms with Gasteiger partial charge in [0.05, 0.1) is 6.54 Å². The van der Waals surface area contributed by atoms with Crippen molar-refractivity contribution in [2.24, 2.45) is 0 Å². The Morgan fingerprint density at radius 3 is 2.55 bits per heavy atom. The number of nitrogens with one attached hydrogen (secondary N) is 1. The normalized spacial score (nSPS) is 13.4. The summed E-state index contributed by atoms with van der Waals surface area (Å²) in [6, 6.07) is 11.0. The van der Waals surface area contributed by atoms with E-state index < -0.39 is 0 Å². The fourth-order valence-corrected chi connectivity index (χ4v) is 2.52. The van der Waals surface area contributed by atoms with Crippen LogP contribution >= 0.6 is 0 Å². The van der Waals surface area contributed by atoms with E-state index >= 15 is 0 Å². The van der Waals surface area contributed by atoms with Gasteiger partial charge in [-0.1, -0.05) is 49.3 Å². The molecule has 0 saturated carbocycles. The molecule has 4 nitrogen and oxygen atoms in total. The van der Waals surface area contributed by atoms with Crippen molar-refractivity contribution in [3.8, 4) is 0 Å². The van der Waals surface area contributed by atoms with Crippen molar-refractivity contribution in [3.63, 3.8) is 0 Å². The molecule has 0 radical (unpaired) electrons. The van der Waals surface area contributed by atoms with Crippen LogP contribution in [0, 0.1) is 6.92 Å². The molecule has 0 amide bonds.